The van der Waals surface area contributed by atoms with Crippen molar-refractivity contribution in [2.24, 2.45) is 0 Å². The van der Waals surface area contributed by atoms with Crippen LogP contribution in [0.25, 0.3) is 66.1 Å². The molecule has 2 aromatic heterocycles. The molecule has 0 saturated carbocycles. The van der Waals surface area contributed by atoms with E-state index in [1.54, 1.807) is 0 Å². The van der Waals surface area contributed by atoms with Gasteiger partial charge in [0, 0.05) is 50.0 Å². The van der Waals surface area contributed by atoms with Crippen LogP contribution in [0.3, 0.4) is 0 Å². The smallest absolute Gasteiger partial charge is 0.0562 e. The van der Waals surface area contributed by atoms with Gasteiger partial charge in [0.05, 0.1) is 22.1 Å². The number of rotatable bonds is 6. The van der Waals surface area contributed by atoms with Crippen LogP contribution >= 0.6 is 0 Å². The second kappa shape index (κ2) is 11.9. The lowest BCUT2D eigenvalue weighted by atomic mass is 10.0. The summed E-state index contributed by atoms with van der Waals surface area (Å²) in [5.41, 5.74) is 12.8. The average Bonchev–Trinajstić information content (AvgIpc) is 3.72. The molecule has 0 unspecified atom stereocenters. The third kappa shape index (κ3) is 4.74. The maximum Gasteiger partial charge on any atom is 0.0562 e. The molecular formula is C48H33N3. The Balaban J connectivity index is 1.25. The summed E-state index contributed by atoms with van der Waals surface area (Å²) in [5.74, 6) is 0. The maximum absolute atomic E-state index is 2.43. The van der Waals surface area contributed by atoms with E-state index in [1.807, 2.05) is 0 Å². The molecular weight excluding hydrogens is 619 g/mol. The van der Waals surface area contributed by atoms with Crippen molar-refractivity contribution in [1.82, 2.24) is 9.13 Å². The van der Waals surface area contributed by atoms with Gasteiger partial charge in [-0.05, 0) is 90.0 Å². The first-order valence-corrected chi connectivity index (χ1v) is 17.5. The van der Waals surface area contributed by atoms with Crippen LogP contribution in [0.2, 0.25) is 0 Å². The molecule has 3 nitrogen and oxygen atoms in total. The molecule has 240 valence electrons. The van der Waals surface area contributed by atoms with E-state index in [2.05, 4.69) is 214 Å². The van der Waals surface area contributed by atoms with Crippen molar-refractivity contribution < 1.29 is 0 Å². The summed E-state index contributed by atoms with van der Waals surface area (Å²) >= 11 is 0. The van der Waals surface area contributed by atoms with Crippen molar-refractivity contribution in [2.45, 2.75) is 0 Å². The van der Waals surface area contributed by atoms with E-state index < -0.39 is 0 Å². The number of hydrogen-bond acceptors (Lipinski definition) is 1. The van der Waals surface area contributed by atoms with Crippen LogP contribution in [0.15, 0.2) is 200 Å². The first-order chi connectivity index (χ1) is 25.3. The van der Waals surface area contributed by atoms with Gasteiger partial charge >= 0.3 is 0 Å². The van der Waals surface area contributed by atoms with Gasteiger partial charge in [-0.15, -0.1) is 0 Å². The van der Waals surface area contributed by atoms with E-state index >= 15 is 0 Å². The first-order valence-electron chi connectivity index (χ1n) is 17.5. The summed E-state index contributed by atoms with van der Waals surface area (Å²) in [6.07, 6.45) is 0. The van der Waals surface area contributed by atoms with Crippen molar-refractivity contribution in [3.05, 3.63) is 200 Å². The number of aromatic nitrogens is 2. The highest BCUT2D eigenvalue weighted by molar-refractivity contribution is 6.29. The fourth-order valence-corrected chi connectivity index (χ4v) is 7.86. The highest BCUT2D eigenvalue weighted by atomic mass is 15.1. The number of fused-ring (bicyclic) bond motifs is 7. The summed E-state index contributed by atoms with van der Waals surface area (Å²) in [6.45, 7) is 0. The van der Waals surface area contributed by atoms with Gasteiger partial charge in [-0.1, -0.05) is 121 Å². The van der Waals surface area contributed by atoms with E-state index in [4.69, 9.17) is 0 Å². The lowest BCUT2D eigenvalue weighted by molar-refractivity contribution is 1.17. The van der Waals surface area contributed by atoms with E-state index in [9.17, 15) is 0 Å². The molecule has 51 heavy (non-hydrogen) atoms. The molecule has 0 fully saturated rings. The fourth-order valence-electron chi connectivity index (χ4n) is 7.86. The average molecular weight is 652 g/mol. The molecule has 0 amide bonds. The first kappa shape index (κ1) is 29.1. The summed E-state index contributed by atoms with van der Waals surface area (Å²) in [5, 5.41) is 5.02. The molecule has 0 saturated heterocycles. The molecule has 2 heterocycles. The zero-order valence-electron chi connectivity index (χ0n) is 27.9. The molecule has 8 aromatic carbocycles. The minimum Gasteiger partial charge on any atom is -0.310 e. The van der Waals surface area contributed by atoms with E-state index in [0.29, 0.717) is 0 Å². The predicted octanol–water partition coefficient (Wildman–Crippen LogP) is 13.0. The molecule has 0 atom stereocenters. The quantitative estimate of drug-likeness (QED) is 0.174. The molecule has 10 rings (SSSR count). The van der Waals surface area contributed by atoms with Crippen LogP contribution in [-0.2, 0) is 0 Å². The molecule has 0 bridgehead atoms. The van der Waals surface area contributed by atoms with Gasteiger partial charge < -0.3 is 14.0 Å². The van der Waals surface area contributed by atoms with Crippen LogP contribution < -0.4 is 4.90 Å². The van der Waals surface area contributed by atoms with Crippen molar-refractivity contribution in [1.29, 1.82) is 0 Å². The minimum atomic E-state index is 1.10. The molecule has 0 N–H and O–H groups in total. The van der Waals surface area contributed by atoms with Gasteiger partial charge in [0.25, 0.3) is 0 Å². The Morgan fingerprint density at radius 1 is 0.294 bits per heavy atom. The zero-order chi connectivity index (χ0) is 33.7. The van der Waals surface area contributed by atoms with Crippen LogP contribution in [0, 0.1) is 0 Å². The Hall–Kier alpha value is -6.84. The topological polar surface area (TPSA) is 13.1 Å². The summed E-state index contributed by atoms with van der Waals surface area (Å²) in [4.78, 5) is 2.36. The Labute approximate surface area is 296 Å². The molecule has 0 radical (unpaired) electrons. The number of nitrogens with zero attached hydrogens (tertiary/aromatic N) is 3. The van der Waals surface area contributed by atoms with Crippen LogP contribution in [0.5, 0.6) is 0 Å². The summed E-state index contributed by atoms with van der Waals surface area (Å²) in [7, 11) is 0. The number of benzene rings is 8. The predicted molar refractivity (Wildman–Crippen MR) is 215 cm³/mol. The highest BCUT2D eigenvalue weighted by Gasteiger charge is 2.22. The zero-order valence-corrected chi connectivity index (χ0v) is 27.9. The maximum atomic E-state index is 2.43. The summed E-state index contributed by atoms with van der Waals surface area (Å²) < 4.78 is 4.84. The normalized spacial score (nSPS) is 11.5. The van der Waals surface area contributed by atoms with Crippen molar-refractivity contribution in [2.75, 3.05) is 4.90 Å². The van der Waals surface area contributed by atoms with Gasteiger partial charge in [0.2, 0.25) is 0 Å². The molecule has 0 aliphatic heterocycles. The Morgan fingerprint density at radius 2 is 0.745 bits per heavy atom. The van der Waals surface area contributed by atoms with Gasteiger partial charge in [-0.25, -0.2) is 0 Å². The summed E-state index contributed by atoms with van der Waals surface area (Å²) in [6, 6.07) is 72.0. The van der Waals surface area contributed by atoms with Crippen molar-refractivity contribution in [3.8, 4) is 22.5 Å². The SMILES string of the molecule is c1ccc(-c2ccc(N(c3ccccc3)c3ccc4c5c6c7ccccc7n(-c7ccccc7)c6ccc5n(-c5ccccc5)c4c3)cc2)cc1. The van der Waals surface area contributed by atoms with E-state index in [-0.39, 0.29) is 0 Å². The minimum absolute atomic E-state index is 1.10. The van der Waals surface area contributed by atoms with Gasteiger partial charge in [-0.3, -0.25) is 0 Å². The number of anilines is 3. The largest absolute Gasteiger partial charge is 0.310 e. The van der Waals surface area contributed by atoms with Gasteiger partial charge in [-0.2, -0.15) is 0 Å². The Morgan fingerprint density at radius 3 is 1.37 bits per heavy atom. The van der Waals surface area contributed by atoms with E-state index in [0.717, 1.165) is 28.4 Å². The third-order valence-electron chi connectivity index (χ3n) is 10.1. The number of hydrogen-bond donors (Lipinski definition) is 0. The van der Waals surface area contributed by atoms with Crippen molar-refractivity contribution in [3.63, 3.8) is 0 Å². The highest BCUT2D eigenvalue weighted by Crippen LogP contribution is 2.44. The second-order valence-corrected chi connectivity index (χ2v) is 13.0. The molecule has 0 aliphatic carbocycles. The second-order valence-electron chi connectivity index (χ2n) is 13.0. The van der Waals surface area contributed by atoms with Crippen molar-refractivity contribution >= 4 is 60.7 Å². The fraction of sp³-hybridized carbons (Fsp3) is 0. The third-order valence-corrected chi connectivity index (χ3v) is 10.1. The Bertz CT molecular complexity index is 2820. The molecule has 10 aromatic rings. The molecule has 0 spiro atoms. The van der Waals surface area contributed by atoms with E-state index in [1.165, 1.54) is 54.7 Å². The van der Waals surface area contributed by atoms with Crippen LogP contribution in [0.4, 0.5) is 17.1 Å². The van der Waals surface area contributed by atoms with Crippen LogP contribution in [-0.4, -0.2) is 9.13 Å². The number of para-hydroxylation sites is 4. The van der Waals surface area contributed by atoms with Gasteiger partial charge in [0.1, 0.15) is 0 Å². The lowest BCUT2D eigenvalue weighted by Crippen LogP contribution is -2.10. The Kier molecular flexibility index (Phi) is 6.81. The standard InChI is InChI=1S/C48H33N3/c1-5-15-34(16-6-1)35-25-27-39(28-26-35)49(36-17-7-2-8-18-36)40-29-30-42-46(33-40)51(38-21-11-4-12-22-38)45-32-31-44-47(48(42)45)41-23-13-14-24-43(41)50(44)37-19-9-3-10-20-37/h1-33H. The van der Waals surface area contributed by atoms with Crippen LogP contribution in [0.1, 0.15) is 0 Å². The van der Waals surface area contributed by atoms with Gasteiger partial charge in [0.15, 0.2) is 0 Å². The molecule has 3 heteroatoms. The monoisotopic (exact) mass is 651 g/mol. The molecule has 0 aliphatic rings. The lowest BCUT2D eigenvalue weighted by Gasteiger charge is -2.26.